The second-order valence-electron chi connectivity index (χ2n) is 8.82. The molecule has 5 heteroatoms. The molecule has 1 fully saturated rings. The molecule has 31 heavy (non-hydrogen) atoms. The number of benzene rings is 1. The highest BCUT2D eigenvalue weighted by atomic mass is 15.2. The molecule has 1 unspecified atom stereocenters. The Morgan fingerprint density at radius 3 is 2.68 bits per heavy atom. The molecule has 0 spiro atoms. The van der Waals surface area contributed by atoms with Gasteiger partial charge in [0, 0.05) is 12.0 Å². The number of aromatic nitrogens is 4. The zero-order valence-electron chi connectivity index (χ0n) is 18.9. The molecule has 2 heterocycles. The van der Waals surface area contributed by atoms with Gasteiger partial charge in [0.2, 0.25) is 5.82 Å². The lowest BCUT2D eigenvalue weighted by Gasteiger charge is -2.22. The van der Waals surface area contributed by atoms with Crippen LogP contribution in [-0.2, 0) is 6.54 Å². The van der Waals surface area contributed by atoms with E-state index in [0.717, 1.165) is 42.3 Å². The second-order valence-corrected chi connectivity index (χ2v) is 8.82. The van der Waals surface area contributed by atoms with Gasteiger partial charge in [0.15, 0.2) is 17.0 Å². The molecule has 0 bridgehead atoms. The van der Waals surface area contributed by atoms with Crippen LogP contribution in [0.15, 0.2) is 36.7 Å². The van der Waals surface area contributed by atoms with Crippen molar-refractivity contribution in [3.63, 3.8) is 0 Å². The number of fused-ring (bicyclic) bond motifs is 1. The van der Waals surface area contributed by atoms with Crippen LogP contribution in [0.25, 0.3) is 11.2 Å². The van der Waals surface area contributed by atoms with Crippen LogP contribution >= 0.6 is 0 Å². The predicted octanol–water partition coefficient (Wildman–Crippen LogP) is 5.65. The smallest absolute Gasteiger partial charge is 0.208 e. The summed E-state index contributed by atoms with van der Waals surface area (Å²) >= 11 is 0. The van der Waals surface area contributed by atoms with E-state index in [1.54, 1.807) is 0 Å². The van der Waals surface area contributed by atoms with Crippen LogP contribution in [-0.4, -0.2) is 25.6 Å². The van der Waals surface area contributed by atoms with Crippen molar-refractivity contribution < 1.29 is 0 Å². The van der Waals surface area contributed by atoms with Crippen LogP contribution in [0.1, 0.15) is 70.7 Å². The standard InChI is InChI=1S/C26H33N5/c1-4-22(5-2)28-25-24-26(31(18-27-24)17-21-11-7-6-8-12-21)30-23(29-25)15-14-20-13-9-10-19(3)16-20/h6-8,11-12,18-20,22H,4-5,9-10,13,16-17H2,1-3H3,(H,28,29,30)/t19-,20?/m1/s1. The van der Waals surface area contributed by atoms with Crippen LogP contribution < -0.4 is 5.32 Å². The first-order valence-corrected chi connectivity index (χ1v) is 11.7. The van der Waals surface area contributed by atoms with Crippen molar-refractivity contribution in [2.24, 2.45) is 11.8 Å². The zero-order valence-corrected chi connectivity index (χ0v) is 18.9. The van der Waals surface area contributed by atoms with Crippen LogP contribution in [0.5, 0.6) is 0 Å². The Bertz CT molecular complexity index is 1060. The SMILES string of the molecule is CCC(CC)Nc1nc(C#CC2CCC[C@@H](C)C2)nc2c1ncn2Cc1ccccc1. The van der Waals surface area contributed by atoms with Gasteiger partial charge in [0.1, 0.15) is 0 Å². The Labute approximate surface area is 185 Å². The topological polar surface area (TPSA) is 55.6 Å². The minimum Gasteiger partial charge on any atom is -0.365 e. The molecule has 1 aromatic carbocycles. The van der Waals surface area contributed by atoms with Crippen LogP contribution in [0.2, 0.25) is 0 Å². The number of rotatable bonds is 6. The van der Waals surface area contributed by atoms with Gasteiger partial charge in [-0.1, -0.05) is 69.9 Å². The van der Waals surface area contributed by atoms with E-state index in [4.69, 9.17) is 9.97 Å². The number of imidazole rings is 1. The minimum atomic E-state index is 0.359. The third-order valence-corrected chi connectivity index (χ3v) is 6.31. The van der Waals surface area contributed by atoms with Gasteiger partial charge in [-0.25, -0.2) is 15.0 Å². The second kappa shape index (κ2) is 9.96. The largest absolute Gasteiger partial charge is 0.365 e. The zero-order chi connectivity index (χ0) is 21.6. The average Bonchev–Trinajstić information content (AvgIpc) is 3.19. The third-order valence-electron chi connectivity index (χ3n) is 6.31. The van der Waals surface area contributed by atoms with Crippen LogP contribution in [0.3, 0.4) is 0 Å². The van der Waals surface area contributed by atoms with E-state index >= 15 is 0 Å². The number of anilines is 1. The fraction of sp³-hybridized carbons (Fsp3) is 0.500. The van der Waals surface area contributed by atoms with Crippen molar-refractivity contribution in [2.75, 3.05) is 5.32 Å². The Morgan fingerprint density at radius 1 is 1.13 bits per heavy atom. The summed E-state index contributed by atoms with van der Waals surface area (Å²) in [6.45, 7) is 7.44. The van der Waals surface area contributed by atoms with Crippen molar-refractivity contribution in [2.45, 2.75) is 71.9 Å². The molecular formula is C26H33N5. The molecule has 1 N–H and O–H groups in total. The molecule has 3 aromatic rings. The minimum absolute atomic E-state index is 0.359. The highest BCUT2D eigenvalue weighted by Crippen LogP contribution is 2.28. The maximum atomic E-state index is 4.83. The fourth-order valence-corrected chi connectivity index (χ4v) is 4.41. The fourth-order valence-electron chi connectivity index (χ4n) is 4.41. The first-order chi connectivity index (χ1) is 15.2. The summed E-state index contributed by atoms with van der Waals surface area (Å²) in [4.78, 5) is 14.3. The monoisotopic (exact) mass is 415 g/mol. The van der Waals surface area contributed by atoms with E-state index in [1.165, 1.54) is 31.2 Å². The molecule has 0 amide bonds. The molecule has 4 rings (SSSR count). The molecule has 1 aliphatic rings. The Balaban J connectivity index is 1.70. The maximum Gasteiger partial charge on any atom is 0.208 e. The van der Waals surface area contributed by atoms with Gasteiger partial charge >= 0.3 is 0 Å². The third kappa shape index (κ3) is 5.25. The van der Waals surface area contributed by atoms with Gasteiger partial charge in [-0.15, -0.1) is 0 Å². The summed E-state index contributed by atoms with van der Waals surface area (Å²) in [6, 6.07) is 10.8. The molecule has 1 saturated carbocycles. The number of nitrogens with zero attached hydrogens (tertiary/aromatic N) is 4. The molecule has 2 atom stereocenters. The van der Waals surface area contributed by atoms with Crippen molar-refractivity contribution in [1.29, 1.82) is 0 Å². The van der Waals surface area contributed by atoms with Gasteiger partial charge in [-0.2, -0.15) is 0 Å². The van der Waals surface area contributed by atoms with E-state index in [1.807, 2.05) is 12.4 Å². The van der Waals surface area contributed by atoms with E-state index in [0.29, 0.717) is 17.8 Å². The number of hydrogen-bond donors (Lipinski definition) is 1. The van der Waals surface area contributed by atoms with Gasteiger partial charge in [0.05, 0.1) is 12.9 Å². The van der Waals surface area contributed by atoms with Gasteiger partial charge in [0.25, 0.3) is 0 Å². The van der Waals surface area contributed by atoms with Crippen molar-refractivity contribution in [3.05, 3.63) is 48.0 Å². The normalized spacial score (nSPS) is 18.7. The maximum absolute atomic E-state index is 4.83. The van der Waals surface area contributed by atoms with Crippen molar-refractivity contribution in [1.82, 2.24) is 19.5 Å². The summed E-state index contributed by atoms with van der Waals surface area (Å²) in [7, 11) is 0. The van der Waals surface area contributed by atoms with E-state index in [-0.39, 0.29) is 0 Å². The summed E-state index contributed by atoms with van der Waals surface area (Å²) in [5.41, 5.74) is 2.88. The van der Waals surface area contributed by atoms with Crippen molar-refractivity contribution >= 4 is 17.0 Å². The highest BCUT2D eigenvalue weighted by Gasteiger charge is 2.18. The Morgan fingerprint density at radius 2 is 1.94 bits per heavy atom. The molecule has 1 aliphatic carbocycles. The van der Waals surface area contributed by atoms with Gasteiger partial charge in [-0.3, -0.25) is 0 Å². The van der Waals surface area contributed by atoms with Gasteiger partial charge < -0.3 is 9.88 Å². The van der Waals surface area contributed by atoms with Crippen molar-refractivity contribution in [3.8, 4) is 11.8 Å². The lowest BCUT2D eigenvalue weighted by molar-refractivity contribution is 0.333. The lowest BCUT2D eigenvalue weighted by atomic mass is 9.83. The molecule has 162 valence electrons. The lowest BCUT2D eigenvalue weighted by Crippen LogP contribution is -2.19. The first-order valence-electron chi connectivity index (χ1n) is 11.7. The molecule has 0 aliphatic heterocycles. The quantitative estimate of drug-likeness (QED) is 0.528. The molecular weight excluding hydrogens is 382 g/mol. The van der Waals surface area contributed by atoms with E-state index < -0.39 is 0 Å². The predicted molar refractivity (Wildman–Crippen MR) is 127 cm³/mol. The first kappa shape index (κ1) is 21.4. The molecule has 0 saturated heterocycles. The summed E-state index contributed by atoms with van der Waals surface area (Å²) in [6.07, 6.45) is 8.89. The summed E-state index contributed by atoms with van der Waals surface area (Å²) in [5.74, 6) is 9.38. The van der Waals surface area contributed by atoms with Crippen LogP contribution in [0.4, 0.5) is 5.82 Å². The highest BCUT2D eigenvalue weighted by molar-refractivity contribution is 5.83. The summed E-state index contributed by atoms with van der Waals surface area (Å²) in [5, 5.41) is 3.59. The Hall–Kier alpha value is -2.87. The summed E-state index contributed by atoms with van der Waals surface area (Å²) < 4.78 is 2.10. The van der Waals surface area contributed by atoms with E-state index in [9.17, 15) is 0 Å². The number of nitrogens with one attached hydrogen (secondary N) is 1. The van der Waals surface area contributed by atoms with Gasteiger partial charge in [-0.05, 0) is 43.1 Å². The number of hydrogen-bond acceptors (Lipinski definition) is 4. The Kier molecular flexibility index (Phi) is 6.86. The molecule has 5 nitrogen and oxygen atoms in total. The van der Waals surface area contributed by atoms with E-state index in [2.05, 4.69) is 71.7 Å². The molecule has 0 radical (unpaired) electrons. The average molecular weight is 416 g/mol. The molecule has 2 aromatic heterocycles. The van der Waals surface area contributed by atoms with Crippen LogP contribution in [0, 0.1) is 23.7 Å².